The minimum Gasteiger partial charge on any atom is -0.381 e. The van der Waals surface area contributed by atoms with Crippen LogP contribution in [0, 0.1) is 11.3 Å². The summed E-state index contributed by atoms with van der Waals surface area (Å²) in [5.74, 6) is -0.797. The molecule has 102 valence electrons. The van der Waals surface area contributed by atoms with Gasteiger partial charge in [-0.05, 0) is 20.3 Å². The van der Waals surface area contributed by atoms with E-state index in [-0.39, 0.29) is 17.7 Å². The Kier molecular flexibility index (Phi) is 3.11. The van der Waals surface area contributed by atoms with Gasteiger partial charge in [0.2, 0.25) is 5.91 Å². The van der Waals surface area contributed by atoms with Gasteiger partial charge in [-0.25, -0.2) is 0 Å². The number of carbonyl (C=O) groups excluding carboxylic acids is 2. The van der Waals surface area contributed by atoms with Gasteiger partial charge >= 0.3 is 0 Å². The maximum Gasteiger partial charge on any atom is 0.253 e. The molecule has 6 heteroatoms. The van der Waals surface area contributed by atoms with E-state index >= 15 is 0 Å². The molecule has 18 heavy (non-hydrogen) atoms. The second-order valence-corrected chi connectivity index (χ2v) is 5.79. The van der Waals surface area contributed by atoms with Gasteiger partial charge in [0.05, 0.1) is 12.0 Å². The summed E-state index contributed by atoms with van der Waals surface area (Å²) < 4.78 is 5.36. The monoisotopic (exact) mass is 256 g/mol. The molecule has 2 fully saturated rings. The predicted molar refractivity (Wildman–Crippen MR) is 63.4 cm³/mol. The zero-order chi connectivity index (χ0) is 13.6. The van der Waals surface area contributed by atoms with Crippen LogP contribution in [-0.2, 0) is 14.3 Å². The standard InChI is InChI=1S/C12H20N2O4/c1-11(2,17)10(16)14-5-8-6-18-4-3-12(8,7-14)9(13)15/h8,17H,3-7H2,1-2H3,(H2,13,15)/t8-,12+/m1/s1. The summed E-state index contributed by atoms with van der Waals surface area (Å²) in [6, 6.07) is 0. The number of rotatable bonds is 2. The molecule has 2 atom stereocenters. The molecule has 2 heterocycles. The summed E-state index contributed by atoms with van der Waals surface area (Å²) >= 11 is 0. The van der Waals surface area contributed by atoms with E-state index in [0.717, 1.165) is 0 Å². The molecule has 0 bridgehead atoms. The fraction of sp³-hybridized carbons (Fsp3) is 0.833. The van der Waals surface area contributed by atoms with E-state index in [4.69, 9.17) is 10.5 Å². The number of amides is 2. The van der Waals surface area contributed by atoms with Crippen molar-refractivity contribution < 1.29 is 19.4 Å². The molecule has 2 aliphatic rings. The van der Waals surface area contributed by atoms with E-state index < -0.39 is 11.0 Å². The number of fused-ring (bicyclic) bond motifs is 1. The lowest BCUT2D eigenvalue weighted by Crippen LogP contribution is -2.49. The number of hydrogen-bond donors (Lipinski definition) is 2. The van der Waals surface area contributed by atoms with Gasteiger partial charge < -0.3 is 20.5 Å². The lowest BCUT2D eigenvalue weighted by Gasteiger charge is -2.35. The molecule has 2 saturated heterocycles. The first-order valence-electron chi connectivity index (χ1n) is 6.17. The van der Waals surface area contributed by atoms with E-state index in [9.17, 15) is 14.7 Å². The number of ether oxygens (including phenoxy) is 1. The number of hydrogen-bond acceptors (Lipinski definition) is 4. The number of primary amides is 1. The Morgan fingerprint density at radius 2 is 2.17 bits per heavy atom. The lowest BCUT2D eigenvalue weighted by atomic mass is 9.74. The van der Waals surface area contributed by atoms with E-state index in [2.05, 4.69) is 0 Å². The van der Waals surface area contributed by atoms with E-state index in [1.165, 1.54) is 18.7 Å². The number of aliphatic hydroxyl groups is 1. The number of carbonyl (C=O) groups is 2. The molecule has 0 aromatic heterocycles. The first kappa shape index (κ1) is 13.3. The fourth-order valence-corrected chi connectivity index (χ4v) is 2.89. The van der Waals surface area contributed by atoms with Gasteiger partial charge in [-0.3, -0.25) is 9.59 Å². The van der Waals surface area contributed by atoms with Gasteiger partial charge in [0.25, 0.3) is 5.91 Å². The minimum atomic E-state index is -1.42. The Morgan fingerprint density at radius 1 is 1.50 bits per heavy atom. The molecule has 0 aromatic carbocycles. The topological polar surface area (TPSA) is 92.9 Å². The third kappa shape index (κ3) is 1.99. The predicted octanol–water partition coefficient (Wildman–Crippen LogP) is -0.892. The Balaban J connectivity index is 2.22. The van der Waals surface area contributed by atoms with E-state index in [0.29, 0.717) is 32.7 Å². The van der Waals surface area contributed by atoms with Crippen molar-refractivity contribution in [3.05, 3.63) is 0 Å². The van der Waals surface area contributed by atoms with Crippen LogP contribution in [0.4, 0.5) is 0 Å². The van der Waals surface area contributed by atoms with Gasteiger partial charge in [0.15, 0.2) is 0 Å². The van der Waals surface area contributed by atoms with Crippen LogP contribution in [0.15, 0.2) is 0 Å². The van der Waals surface area contributed by atoms with Crippen molar-refractivity contribution in [3.8, 4) is 0 Å². The summed E-state index contributed by atoms with van der Waals surface area (Å²) in [7, 11) is 0. The summed E-state index contributed by atoms with van der Waals surface area (Å²) in [5.41, 5.74) is 3.41. The molecule has 0 aromatic rings. The maximum atomic E-state index is 12.1. The highest BCUT2D eigenvalue weighted by Gasteiger charge is 2.54. The van der Waals surface area contributed by atoms with Crippen LogP contribution in [0.3, 0.4) is 0 Å². The molecule has 0 aliphatic carbocycles. The average molecular weight is 256 g/mol. The fourth-order valence-electron chi connectivity index (χ4n) is 2.89. The molecule has 2 amide bonds. The van der Waals surface area contributed by atoms with Crippen LogP contribution in [0.5, 0.6) is 0 Å². The van der Waals surface area contributed by atoms with E-state index in [1.807, 2.05) is 0 Å². The van der Waals surface area contributed by atoms with Gasteiger partial charge in [0, 0.05) is 25.6 Å². The Morgan fingerprint density at radius 3 is 2.67 bits per heavy atom. The number of likely N-dealkylation sites (tertiary alicyclic amines) is 1. The normalized spacial score (nSPS) is 32.2. The van der Waals surface area contributed by atoms with Crippen LogP contribution in [0.2, 0.25) is 0 Å². The second-order valence-electron chi connectivity index (χ2n) is 5.79. The van der Waals surface area contributed by atoms with Crippen molar-refractivity contribution >= 4 is 11.8 Å². The van der Waals surface area contributed by atoms with Gasteiger partial charge in [-0.2, -0.15) is 0 Å². The highest BCUT2D eigenvalue weighted by molar-refractivity contribution is 5.87. The molecule has 2 aliphatic heterocycles. The largest absolute Gasteiger partial charge is 0.381 e. The molecule has 0 unspecified atom stereocenters. The summed E-state index contributed by atoms with van der Waals surface area (Å²) in [5, 5.41) is 9.76. The van der Waals surface area contributed by atoms with Crippen LogP contribution in [0.1, 0.15) is 20.3 Å². The van der Waals surface area contributed by atoms with Crippen LogP contribution < -0.4 is 5.73 Å². The average Bonchev–Trinajstić information content (AvgIpc) is 2.67. The molecule has 0 saturated carbocycles. The lowest BCUT2D eigenvalue weighted by molar-refractivity contribution is -0.147. The van der Waals surface area contributed by atoms with Crippen LogP contribution >= 0.6 is 0 Å². The highest BCUT2D eigenvalue weighted by atomic mass is 16.5. The van der Waals surface area contributed by atoms with Crippen LogP contribution in [-0.4, -0.2) is 53.7 Å². The molecular formula is C12H20N2O4. The molecule has 6 nitrogen and oxygen atoms in total. The Bertz CT molecular complexity index is 377. The molecule has 2 rings (SSSR count). The first-order valence-corrected chi connectivity index (χ1v) is 6.17. The number of nitrogens with zero attached hydrogens (tertiary/aromatic N) is 1. The van der Waals surface area contributed by atoms with Crippen molar-refractivity contribution in [2.24, 2.45) is 17.1 Å². The summed E-state index contributed by atoms with van der Waals surface area (Å²) in [6.45, 7) is 4.54. The molecule has 3 N–H and O–H groups in total. The SMILES string of the molecule is CC(C)(O)C(=O)N1C[C@@H]2COCC[C@]2(C(N)=O)C1. The van der Waals surface area contributed by atoms with E-state index in [1.54, 1.807) is 0 Å². The first-order chi connectivity index (χ1) is 8.27. The van der Waals surface area contributed by atoms with Gasteiger partial charge in [0.1, 0.15) is 5.60 Å². The number of nitrogens with two attached hydrogens (primary N) is 1. The minimum absolute atomic E-state index is 0.0601. The maximum absolute atomic E-state index is 12.1. The molecular weight excluding hydrogens is 236 g/mol. The Labute approximate surface area is 106 Å². The molecule has 0 spiro atoms. The highest BCUT2D eigenvalue weighted by Crippen LogP contribution is 2.42. The molecule has 0 radical (unpaired) electrons. The van der Waals surface area contributed by atoms with Crippen molar-refractivity contribution in [3.63, 3.8) is 0 Å². The van der Waals surface area contributed by atoms with Crippen molar-refractivity contribution in [1.29, 1.82) is 0 Å². The zero-order valence-corrected chi connectivity index (χ0v) is 10.8. The zero-order valence-electron chi connectivity index (χ0n) is 10.8. The second kappa shape index (κ2) is 4.20. The third-order valence-electron chi connectivity index (χ3n) is 4.01. The summed E-state index contributed by atoms with van der Waals surface area (Å²) in [4.78, 5) is 25.3. The Hall–Kier alpha value is -1.14. The summed E-state index contributed by atoms with van der Waals surface area (Å²) in [6.07, 6.45) is 0.544. The van der Waals surface area contributed by atoms with Crippen molar-refractivity contribution in [2.45, 2.75) is 25.9 Å². The van der Waals surface area contributed by atoms with Crippen molar-refractivity contribution in [2.75, 3.05) is 26.3 Å². The quantitative estimate of drug-likeness (QED) is 0.670. The smallest absolute Gasteiger partial charge is 0.253 e. The van der Waals surface area contributed by atoms with Gasteiger partial charge in [-0.1, -0.05) is 0 Å². The van der Waals surface area contributed by atoms with Crippen molar-refractivity contribution in [1.82, 2.24) is 4.90 Å². The van der Waals surface area contributed by atoms with Crippen LogP contribution in [0.25, 0.3) is 0 Å². The third-order valence-corrected chi connectivity index (χ3v) is 4.01. The van der Waals surface area contributed by atoms with Gasteiger partial charge in [-0.15, -0.1) is 0 Å².